The summed E-state index contributed by atoms with van der Waals surface area (Å²) in [6, 6.07) is -0.155. The van der Waals surface area contributed by atoms with Gasteiger partial charge < -0.3 is 4.74 Å². The maximum Gasteiger partial charge on any atom is 0.417 e. The molecule has 2 amide bonds. The van der Waals surface area contributed by atoms with Gasteiger partial charge in [0.25, 0.3) is 0 Å². The average Bonchev–Trinajstić information content (AvgIpc) is 3.00. The summed E-state index contributed by atoms with van der Waals surface area (Å²) in [5.41, 5.74) is -0.154. The molecular formula is C16H23NO3. The molecule has 0 radical (unpaired) electrons. The summed E-state index contributed by atoms with van der Waals surface area (Å²) in [4.78, 5) is 26.3. The van der Waals surface area contributed by atoms with Crippen LogP contribution in [0.5, 0.6) is 0 Å². The first-order chi connectivity index (χ1) is 9.30. The highest BCUT2D eigenvalue weighted by atomic mass is 16.6. The number of imide groups is 1. The molecule has 0 N–H and O–H groups in total. The van der Waals surface area contributed by atoms with Gasteiger partial charge in [0.15, 0.2) is 0 Å². The van der Waals surface area contributed by atoms with Gasteiger partial charge in [0.05, 0.1) is 6.04 Å². The molecule has 4 nitrogen and oxygen atoms in total. The lowest BCUT2D eigenvalue weighted by Crippen LogP contribution is -2.49. The number of allylic oxidation sites excluding steroid dienone is 2. The van der Waals surface area contributed by atoms with Crippen LogP contribution in [0.15, 0.2) is 12.2 Å². The van der Waals surface area contributed by atoms with Gasteiger partial charge in [-0.1, -0.05) is 39.8 Å². The Kier molecular flexibility index (Phi) is 2.96. The second-order valence-electron chi connectivity index (χ2n) is 7.50. The topological polar surface area (TPSA) is 46.6 Å². The molecule has 0 unspecified atom stereocenters. The standard InChI is InChI=1S/C16H23NO3/c1-9-10-5-6-11(7-10)13(9)14(18)17-12(16(2,3)4)8-20-15(17)19/h5-6,9-13H,7-8H2,1-4H3/t9-,10-,11+,12-,13+/m1/s1. The highest BCUT2D eigenvalue weighted by Crippen LogP contribution is 2.49. The summed E-state index contributed by atoms with van der Waals surface area (Å²) in [5, 5.41) is 0. The molecule has 0 spiro atoms. The summed E-state index contributed by atoms with van der Waals surface area (Å²) in [6.45, 7) is 8.58. The number of carbonyl (C=O) groups excluding carboxylic acids is 2. The van der Waals surface area contributed by atoms with Crippen LogP contribution in [-0.2, 0) is 9.53 Å². The van der Waals surface area contributed by atoms with Gasteiger partial charge in [-0.3, -0.25) is 4.79 Å². The SMILES string of the molecule is C[C@H]1[C@H](C(=O)N2C(=O)OC[C@@H]2C(C)(C)C)[C@H]2C=C[C@@H]1C2. The molecule has 2 aliphatic carbocycles. The van der Waals surface area contributed by atoms with Gasteiger partial charge in [0.2, 0.25) is 5.91 Å². The van der Waals surface area contributed by atoms with Gasteiger partial charge in [-0.25, -0.2) is 9.69 Å². The molecule has 5 atom stereocenters. The van der Waals surface area contributed by atoms with E-state index in [0.717, 1.165) is 6.42 Å². The minimum atomic E-state index is -0.464. The van der Waals surface area contributed by atoms with E-state index >= 15 is 0 Å². The summed E-state index contributed by atoms with van der Waals surface area (Å²) in [6.07, 6.45) is 4.97. The van der Waals surface area contributed by atoms with Crippen molar-refractivity contribution in [3.63, 3.8) is 0 Å². The number of rotatable bonds is 1. The lowest BCUT2D eigenvalue weighted by molar-refractivity contribution is -0.137. The number of fused-ring (bicyclic) bond motifs is 2. The van der Waals surface area contributed by atoms with Gasteiger partial charge in [0, 0.05) is 5.92 Å². The molecule has 1 heterocycles. The zero-order chi connectivity index (χ0) is 14.7. The highest BCUT2D eigenvalue weighted by Gasteiger charge is 2.52. The normalized spacial score (nSPS) is 39.5. The van der Waals surface area contributed by atoms with E-state index in [2.05, 4.69) is 19.1 Å². The maximum absolute atomic E-state index is 12.9. The van der Waals surface area contributed by atoms with E-state index in [4.69, 9.17) is 4.74 Å². The van der Waals surface area contributed by atoms with Crippen molar-refractivity contribution in [1.82, 2.24) is 4.90 Å². The molecule has 0 aromatic rings. The van der Waals surface area contributed by atoms with Crippen molar-refractivity contribution in [3.8, 4) is 0 Å². The fourth-order valence-electron chi connectivity index (χ4n) is 3.94. The Balaban J connectivity index is 1.86. The smallest absolute Gasteiger partial charge is 0.417 e. The van der Waals surface area contributed by atoms with Crippen LogP contribution in [0.1, 0.15) is 34.1 Å². The number of hydrogen-bond donors (Lipinski definition) is 0. The fraction of sp³-hybridized carbons (Fsp3) is 0.750. The maximum atomic E-state index is 12.9. The Hall–Kier alpha value is -1.32. The number of hydrogen-bond acceptors (Lipinski definition) is 3. The summed E-state index contributed by atoms with van der Waals surface area (Å²) in [5.74, 6) is 1.04. The van der Waals surface area contributed by atoms with Gasteiger partial charge in [-0.15, -0.1) is 0 Å². The lowest BCUT2D eigenvalue weighted by Gasteiger charge is -2.34. The third-order valence-corrected chi connectivity index (χ3v) is 5.25. The molecule has 1 aliphatic heterocycles. The van der Waals surface area contributed by atoms with Crippen LogP contribution in [0.3, 0.4) is 0 Å². The molecule has 110 valence electrons. The second kappa shape index (κ2) is 4.34. The van der Waals surface area contributed by atoms with Crippen LogP contribution in [0.4, 0.5) is 4.79 Å². The van der Waals surface area contributed by atoms with E-state index < -0.39 is 6.09 Å². The number of amides is 2. The molecule has 2 bridgehead atoms. The zero-order valence-corrected chi connectivity index (χ0v) is 12.6. The molecule has 20 heavy (non-hydrogen) atoms. The molecule has 1 saturated heterocycles. The Labute approximate surface area is 120 Å². The zero-order valence-electron chi connectivity index (χ0n) is 12.6. The van der Waals surface area contributed by atoms with E-state index in [1.165, 1.54) is 4.90 Å². The van der Waals surface area contributed by atoms with E-state index in [0.29, 0.717) is 24.4 Å². The molecule has 4 heteroatoms. The van der Waals surface area contributed by atoms with Gasteiger partial charge in [0.1, 0.15) is 6.61 Å². The molecule has 3 aliphatic rings. The first kappa shape index (κ1) is 13.7. The van der Waals surface area contributed by atoms with Crippen molar-refractivity contribution in [2.24, 2.45) is 29.1 Å². The third kappa shape index (κ3) is 1.88. The van der Waals surface area contributed by atoms with Gasteiger partial charge in [-0.2, -0.15) is 0 Å². The average molecular weight is 277 g/mol. The first-order valence-electron chi connectivity index (χ1n) is 7.49. The molecule has 2 fully saturated rings. The van der Waals surface area contributed by atoms with E-state index in [1.54, 1.807) is 0 Å². The van der Waals surface area contributed by atoms with Crippen molar-refractivity contribution in [2.45, 2.75) is 40.2 Å². The molecule has 1 saturated carbocycles. The minimum Gasteiger partial charge on any atom is -0.447 e. The van der Waals surface area contributed by atoms with E-state index in [1.807, 2.05) is 20.8 Å². The molecule has 0 aromatic carbocycles. The van der Waals surface area contributed by atoms with Crippen LogP contribution in [0.2, 0.25) is 0 Å². The summed E-state index contributed by atoms with van der Waals surface area (Å²) in [7, 11) is 0. The molecule has 0 aromatic heterocycles. The number of cyclic esters (lactones) is 1. The van der Waals surface area contributed by atoms with Crippen LogP contribution in [0.25, 0.3) is 0 Å². The third-order valence-electron chi connectivity index (χ3n) is 5.25. The Morgan fingerprint density at radius 3 is 2.50 bits per heavy atom. The summed E-state index contributed by atoms with van der Waals surface area (Å²) < 4.78 is 5.15. The Morgan fingerprint density at radius 2 is 1.95 bits per heavy atom. The van der Waals surface area contributed by atoms with Crippen molar-refractivity contribution in [3.05, 3.63) is 12.2 Å². The predicted molar refractivity (Wildman–Crippen MR) is 74.8 cm³/mol. The van der Waals surface area contributed by atoms with E-state index in [-0.39, 0.29) is 23.3 Å². The lowest BCUT2D eigenvalue weighted by atomic mass is 9.81. The number of nitrogens with zero attached hydrogens (tertiary/aromatic N) is 1. The summed E-state index contributed by atoms with van der Waals surface area (Å²) >= 11 is 0. The Morgan fingerprint density at radius 1 is 1.30 bits per heavy atom. The quantitative estimate of drug-likeness (QED) is 0.692. The van der Waals surface area contributed by atoms with Crippen LogP contribution in [0, 0.1) is 29.1 Å². The molecular weight excluding hydrogens is 254 g/mol. The minimum absolute atomic E-state index is 0.0308. The van der Waals surface area contributed by atoms with Crippen LogP contribution < -0.4 is 0 Å². The fourth-order valence-corrected chi connectivity index (χ4v) is 3.94. The van der Waals surface area contributed by atoms with Crippen molar-refractivity contribution >= 4 is 12.0 Å². The van der Waals surface area contributed by atoms with E-state index in [9.17, 15) is 9.59 Å². The highest BCUT2D eigenvalue weighted by molar-refractivity contribution is 5.95. The van der Waals surface area contributed by atoms with Crippen LogP contribution in [-0.4, -0.2) is 29.5 Å². The molecule has 3 rings (SSSR count). The van der Waals surface area contributed by atoms with Gasteiger partial charge in [-0.05, 0) is 29.6 Å². The number of carbonyl (C=O) groups is 2. The largest absolute Gasteiger partial charge is 0.447 e. The first-order valence-corrected chi connectivity index (χ1v) is 7.49. The van der Waals surface area contributed by atoms with Crippen LogP contribution >= 0.6 is 0 Å². The second-order valence-corrected chi connectivity index (χ2v) is 7.50. The Bertz CT molecular complexity index is 477. The van der Waals surface area contributed by atoms with Crippen molar-refractivity contribution in [1.29, 1.82) is 0 Å². The predicted octanol–water partition coefficient (Wildman–Crippen LogP) is 2.84. The van der Waals surface area contributed by atoms with Crippen molar-refractivity contribution < 1.29 is 14.3 Å². The number of ether oxygens (including phenoxy) is 1. The van der Waals surface area contributed by atoms with Crippen molar-refractivity contribution in [2.75, 3.05) is 6.61 Å². The van der Waals surface area contributed by atoms with Gasteiger partial charge >= 0.3 is 6.09 Å². The monoisotopic (exact) mass is 277 g/mol.